The van der Waals surface area contributed by atoms with Gasteiger partial charge in [0.15, 0.2) is 0 Å². The number of amides is 1. The van der Waals surface area contributed by atoms with Crippen molar-refractivity contribution in [3.05, 3.63) is 0 Å². The number of carbonyl (C=O) groups is 1. The summed E-state index contributed by atoms with van der Waals surface area (Å²) in [5, 5.41) is 0. The molecular weight excluding hydrogens is 204 g/mol. The number of rotatable bonds is 3. The average molecular weight is 219 g/mol. The second-order valence-electron chi connectivity index (χ2n) is 4.26. The molecule has 0 bridgehead atoms. The SMILES string of the molecule is CCOC1CN(C(=O)[C@H]2[C@@H](C)C2(F)F)C1. The number of likely N-dealkylation sites (tertiary alicyclic amines) is 1. The van der Waals surface area contributed by atoms with Gasteiger partial charge in [-0.05, 0) is 6.92 Å². The van der Waals surface area contributed by atoms with Gasteiger partial charge in [-0.25, -0.2) is 8.78 Å². The number of nitrogens with zero attached hydrogens (tertiary/aromatic N) is 1. The Hall–Kier alpha value is -0.710. The molecule has 2 rings (SSSR count). The number of alkyl halides is 2. The zero-order chi connectivity index (χ0) is 11.2. The maximum absolute atomic E-state index is 12.9. The van der Waals surface area contributed by atoms with Crippen LogP contribution in [0, 0.1) is 11.8 Å². The first-order chi connectivity index (χ1) is 6.98. The minimum Gasteiger partial charge on any atom is -0.375 e. The van der Waals surface area contributed by atoms with Crippen molar-refractivity contribution >= 4 is 5.91 Å². The average Bonchev–Trinajstić information content (AvgIpc) is 2.57. The first-order valence-corrected chi connectivity index (χ1v) is 5.26. The molecule has 2 fully saturated rings. The van der Waals surface area contributed by atoms with Crippen molar-refractivity contribution in [2.75, 3.05) is 19.7 Å². The molecule has 1 heterocycles. The summed E-state index contributed by atoms with van der Waals surface area (Å²) >= 11 is 0. The van der Waals surface area contributed by atoms with E-state index in [0.29, 0.717) is 19.7 Å². The molecule has 86 valence electrons. The highest BCUT2D eigenvalue weighted by molar-refractivity contribution is 5.84. The molecular formula is C10H15F2NO2. The fourth-order valence-electron chi connectivity index (χ4n) is 2.01. The smallest absolute Gasteiger partial charge is 0.263 e. The summed E-state index contributed by atoms with van der Waals surface area (Å²) in [5.74, 6) is -5.08. The minimum absolute atomic E-state index is 0.0432. The van der Waals surface area contributed by atoms with Crippen LogP contribution in [0.1, 0.15) is 13.8 Å². The van der Waals surface area contributed by atoms with E-state index in [1.165, 1.54) is 11.8 Å². The molecule has 0 aromatic carbocycles. The first-order valence-electron chi connectivity index (χ1n) is 5.26. The van der Waals surface area contributed by atoms with Gasteiger partial charge in [0.2, 0.25) is 5.91 Å². The lowest BCUT2D eigenvalue weighted by Gasteiger charge is -2.38. The Kier molecular flexibility index (Phi) is 2.45. The lowest BCUT2D eigenvalue weighted by Crippen LogP contribution is -2.55. The van der Waals surface area contributed by atoms with E-state index in [1.54, 1.807) is 0 Å². The highest BCUT2D eigenvalue weighted by Crippen LogP contribution is 2.55. The number of ether oxygens (including phenoxy) is 1. The van der Waals surface area contributed by atoms with Crippen LogP contribution < -0.4 is 0 Å². The molecule has 3 nitrogen and oxygen atoms in total. The maximum Gasteiger partial charge on any atom is 0.263 e. The molecule has 0 N–H and O–H groups in total. The van der Waals surface area contributed by atoms with Crippen molar-refractivity contribution in [2.24, 2.45) is 11.8 Å². The molecule has 15 heavy (non-hydrogen) atoms. The highest BCUT2D eigenvalue weighted by Gasteiger charge is 2.70. The van der Waals surface area contributed by atoms with Gasteiger partial charge in [-0.15, -0.1) is 0 Å². The highest BCUT2D eigenvalue weighted by atomic mass is 19.3. The van der Waals surface area contributed by atoms with E-state index < -0.39 is 23.7 Å². The Balaban J connectivity index is 1.81. The Morgan fingerprint density at radius 1 is 1.53 bits per heavy atom. The summed E-state index contributed by atoms with van der Waals surface area (Å²) in [7, 11) is 0. The monoisotopic (exact) mass is 219 g/mol. The van der Waals surface area contributed by atoms with Crippen LogP contribution in [-0.2, 0) is 9.53 Å². The largest absolute Gasteiger partial charge is 0.375 e. The number of hydrogen-bond donors (Lipinski definition) is 0. The molecule has 0 aromatic rings. The topological polar surface area (TPSA) is 29.5 Å². The van der Waals surface area contributed by atoms with E-state index in [9.17, 15) is 13.6 Å². The normalized spacial score (nSPS) is 33.7. The van der Waals surface area contributed by atoms with Crippen LogP contribution in [-0.4, -0.2) is 42.5 Å². The van der Waals surface area contributed by atoms with Gasteiger partial charge in [0.25, 0.3) is 5.92 Å². The quantitative estimate of drug-likeness (QED) is 0.712. The minimum atomic E-state index is -2.78. The molecule has 1 aliphatic carbocycles. The summed E-state index contributed by atoms with van der Waals surface area (Å²) < 4.78 is 31.1. The molecule has 2 atom stereocenters. The Bertz CT molecular complexity index is 277. The van der Waals surface area contributed by atoms with Gasteiger partial charge in [0.1, 0.15) is 5.92 Å². The van der Waals surface area contributed by atoms with Crippen LogP contribution >= 0.6 is 0 Å². The Labute approximate surface area is 87.4 Å². The summed E-state index contributed by atoms with van der Waals surface area (Å²) in [6, 6.07) is 0. The Morgan fingerprint density at radius 3 is 2.47 bits per heavy atom. The van der Waals surface area contributed by atoms with Crippen LogP contribution in [0.3, 0.4) is 0 Å². The Morgan fingerprint density at radius 2 is 2.07 bits per heavy atom. The number of halogens is 2. The van der Waals surface area contributed by atoms with Crippen molar-refractivity contribution in [1.82, 2.24) is 4.90 Å². The van der Waals surface area contributed by atoms with E-state index in [-0.39, 0.29) is 6.10 Å². The zero-order valence-corrected chi connectivity index (χ0v) is 8.87. The lowest BCUT2D eigenvalue weighted by atomic mass is 10.1. The summed E-state index contributed by atoms with van der Waals surface area (Å²) in [6.45, 7) is 4.82. The molecule has 0 aromatic heterocycles. The number of carbonyl (C=O) groups excluding carboxylic acids is 1. The van der Waals surface area contributed by atoms with Crippen LogP contribution in [0.2, 0.25) is 0 Å². The predicted molar refractivity (Wildman–Crippen MR) is 49.6 cm³/mol. The van der Waals surface area contributed by atoms with Gasteiger partial charge in [-0.1, -0.05) is 6.92 Å². The molecule has 0 radical (unpaired) electrons. The molecule has 1 amide bonds. The molecule has 1 saturated heterocycles. The summed E-state index contributed by atoms with van der Waals surface area (Å²) in [6.07, 6.45) is 0.0432. The van der Waals surface area contributed by atoms with E-state index in [2.05, 4.69) is 0 Å². The maximum atomic E-state index is 12.9. The van der Waals surface area contributed by atoms with Crippen molar-refractivity contribution in [3.63, 3.8) is 0 Å². The number of hydrogen-bond acceptors (Lipinski definition) is 2. The van der Waals surface area contributed by atoms with Gasteiger partial charge < -0.3 is 9.64 Å². The fourth-order valence-corrected chi connectivity index (χ4v) is 2.01. The van der Waals surface area contributed by atoms with Crippen molar-refractivity contribution in [3.8, 4) is 0 Å². The first kappa shape index (κ1) is 10.8. The van der Waals surface area contributed by atoms with Crippen LogP contribution in [0.4, 0.5) is 8.78 Å². The third-order valence-corrected chi connectivity index (χ3v) is 3.24. The van der Waals surface area contributed by atoms with Gasteiger partial charge in [-0.2, -0.15) is 0 Å². The molecule has 1 aliphatic heterocycles. The van der Waals surface area contributed by atoms with E-state index in [0.717, 1.165) is 0 Å². The van der Waals surface area contributed by atoms with E-state index >= 15 is 0 Å². The van der Waals surface area contributed by atoms with Crippen LogP contribution in [0.25, 0.3) is 0 Å². The van der Waals surface area contributed by atoms with Gasteiger partial charge in [-0.3, -0.25) is 4.79 Å². The summed E-state index contributed by atoms with van der Waals surface area (Å²) in [4.78, 5) is 13.0. The summed E-state index contributed by atoms with van der Waals surface area (Å²) in [5.41, 5.74) is 0. The van der Waals surface area contributed by atoms with Gasteiger partial charge in [0, 0.05) is 25.6 Å². The van der Waals surface area contributed by atoms with Crippen molar-refractivity contribution in [1.29, 1.82) is 0 Å². The molecule has 1 saturated carbocycles. The predicted octanol–water partition coefficient (Wildman–Crippen LogP) is 1.13. The van der Waals surface area contributed by atoms with E-state index in [1.807, 2.05) is 6.92 Å². The lowest BCUT2D eigenvalue weighted by molar-refractivity contribution is -0.148. The van der Waals surface area contributed by atoms with Crippen molar-refractivity contribution in [2.45, 2.75) is 25.9 Å². The fraction of sp³-hybridized carbons (Fsp3) is 0.900. The molecule has 5 heteroatoms. The molecule has 0 unspecified atom stereocenters. The van der Waals surface area contributed by atoms with Crippen LogP contribution in [0.15, 0.2) is 0 Å². The standard InChI is InChI=1S/C10H15F2NO2/c1-3-15-7-4-13(5-7)9(14)8-6(2)10(8,11)12/h6-8H,3-5H2,1-2H3/t6-,8-/m1/s1. The molecule has 2 aliphatic rings. The van der Waals surface area contributed by atoms with Crippen molar-refractivity contribution < 1.29 is 18.3 Å². The molecule has 0 spiro atoms. The van der Waals surface area contributed by atoms with E-state index in [4.69, 9.17) is 4.74 Å². The van der Waals surface area contributed by atoms with Gasteiger partial charge >= 0.3 is 0 Å². The second kappa shape index (κ2) is 3.40. The second-order valence-corrected chi connectivity index (χ2v) is 4.26. The third kappa shape index (κ3) is 1.62. The zero-order valence-electron chi connectivity index (χ0n) is 8.87. The van der Waals surface area contributed by atoms with Gasteiger partial charge in [0.05, 0.1) is 6.10 Å². The third-order valence-electron chi connectivity index (χ3n) is 3.24. The van der Waals surface area contributed by atoms with Crippen LogP contribution in [0.5, 0.6) is 0 Å².